The van der Waals surface area contributed by atoms with Crippen molar-refractivity contribution in [3.8, 4) is 11.5 Å². The van der Waals surface area contributed by atoms with Crippen LogP contribution in [-0.2, 0) is 6.54 Å². The van der Waals surface area contributed by atoms with E-state index in [9.17, 15) is 0 Å². The van der Waals surface area contributed by atoms with Gasteiger partial charge in [-0.1, -0.05) is 25.1 Å². The third-order valence-corrected chi connectivity index (χ3v) is 6.52. The van der Waals surface area contributed by atoms with Gasteiger partial charge in [-0.3, -0.25) is 0 Å². The Morgan fingerprint density at radius 3 is 2.69 bits per heavy atom. The second-order valence-corrected chi connectivity index (χ2v) is 8.54. The number of benzene rings is 2. The highest BCUT2D eigenvalue weighted by Gasteiger charge is 2.27. The van der Waals surface area contributed by atoms with Crippen LogP contribution in [0.3, 0.4) is 0 Å². The van der Waals surface area contributed by atoms with Crippen LogP contribution in [0.1, 0.15) is 48.8 Å². The van der Waals surface area contributed by atoms with Crippen LogP contribution in [0.15, 0.2) is 42.5 Å². The minimum atomic E-state index is 0.311. The predicted molar refractivity (Wildman–Crippen MR) is 118 cm³/mol. The largest absolute Gasteiger partial charge is 0.497 e. The zero-order chi connectivity index (χ0) is 20.2. The summed E-state index contributed by atoms with van der Waals surface area (Å²) in [6.07, 6.45) is 3.80. The monoisotopic (exact) mass is 394 g/mol. The summed E-state index contributed by atoms with van der Waals surface area (Å²) in [7, 11) is 3.93. The zero-order valence-electron chi connectivity index (χ0n) is 18.0. The molecule has 0 aliphatic carbocycles. The maximum atomic E-state index is 6.52. The lowest BCUT2D eigenvalue weighted by Crippen LogP contribution is -2.36. The summed E-state index contributed by atoms with van der Waals surface area (Å²) in [5, 5.41) is 3.46. The topological polar surface area (TPSA) is 33.7 Å². The highest BCUT2D eigenvalue weighted by molar-refractivity contribution is 5.45. The maximum Gasteiger partial charge on any atom is 0.120 e. The van der Waals surface area contributed by atoms with Gasteiger partial charge in [-0.15, -0.1) is 0 Å². The summed E-state index contributed by atoms with van der Waals surface area (Å²) in [5.41, 5.74) is 4.11. The highest BCUT2D eigenvalue weighted by atomic mass is 16.5. The molecule has 4 heteroatoms. The number of methoxy groups -OCH3 is 1. The second-order valence-electron chi connectivity index (χ2n) is 8.54. The Bertz CT molecular complexity index is 816. The molecule has 1 fully saturated rings. The molecule has 4 rings (SSSR count). The standard InChI is InChI=1S/C25H34N2O2/c1-4-25(18-10-12-26-13-11-18)29-22-8-9-23-20(15-22)16-27(2)17-24(23)19-6-5-7-21(14-19)28-3/h5-9,14-15,18,24-26H,4,10-13,16-17H2,1-3H3. The first-order chi connectivity index (χ1) is 14.2. The molecule has 4 nitrogen and oxygen atoms in total. The molecule has 0 radical (unpaired) electrons. The number of likely N-dealkylation sites (N-methyl/N-ethyl adjacent to an activating group) is 1. The Hall–Kier alpha value is -2.04. The van der Waals surface area contributed by atoms with E-state index in [-0.39, 0.29) is 0 Å². The first-order valence-electron chi connectivity index (χ1n) is 11.0. The van der Waals surface area contributed by atoms with Gasteiger partial charge in [0.15, 0.2) is 0 Å². The first-order valence-corrected chi connectivity index (χ1v) is 11.0. The summed E-state index contributed by atoms with van der Waals surface area (Å²) < 4.78 is 12.0. The van der Waals surface area contributed by atoms with Crippen molar-refractivity contribution in [1.29, 1.82) is 0 Å². The van der Waals surface area contributed by atoms with Crippen LogP contribution in [0, 0.1) is 5.92 Å². The summed E-state index contributed by atoms with van der Waals surface area (Å²) in [6, 6.07) is 15.2. The van der Waals surface area contributed by atoms with Crippen LogP contribution in [0.2, 0.25) is 0 Å². The van der Waals surface area contributed by atoms with Gasteiger partial charge in [0.25, 0.3) is 0 Å². The molecular weight excluding hydrogens is 360 g/mol. The van der Waals surface area contributed by atoms with E-state index in [1.807, 2.05) is 6.07 Å². The molecule has 0 amide bonds. The van der Waals surface area contributed by atoms with E-state index in [4.69, 9.17) is 9.47 Å². The predicted octanol–water partition coefficient (Wildman–Crippen LogP) is 4.43. The van der Waals surface area contributed by atoms with Crippen LogP contribution in [0.25, 0.3) is 0 Å². The van der Waals surface area contributed by atoms with Crippen molar-refractivity contribution < 1.29 is 9.47 Å². The van der Waals surface area contributed by atoms with Crippen LogP contribution in [-0.4, -0.2) is 44.8 Å². The number of rotatable bonds is 6. The van der Waals surface area contributed by atoms with E-state index in [2.05, 4.69) is 60.6 Å². The van der Waals surface area contributed by atoms with Crippen molar-refractivity contribution in [2.24, 2.45) is 5.92 Å². The van der Waals surface area contributed by atoms with E-state index < -0.39 is 0 Å². The van der Waals surface area contributed by atoms with Crippen LogP contribution in [0.4, 0.5) is 0 Å². The van der Waals surface area contributed by atoms with Gasteiger partial charge in [0.2, 0.25) is 0 Å². The summed E-state index contributed by atoms with van der Waals surface area (Å²) in [6.45, 7) is 6.46. The Labute approximate surface area is 175 Å². The summed E-state index contributed by atoms with van der Waals surface area (Å²) >= 11 is 0. The molecule has 2 atom stereocenters. The molecule has 1 saturated heterocycles. The third-order valence-electron chi connectivity index (χ3n) is 6.52. The quantitative estimate of drug-likeness (QED) is 0.786. The van der Waals surface area contributed by atoms with E-state index >= 15 is 0 Å². The molecule has 1 N–H and O–H groups in total. The third kappa shape index (κ3) is 4.59. The number of nitrogens with one attached hydrogen (secondary N) is 1. The van der Waals surface area contributed by atoms with Crippen molar-refractivity contribution in [2.75, 3.05) is 33.8 Å². The SMILES string of the molecule is CCC(Oc1ccc2c(c1)CN(C)CC2c1cccc(OC)c1)C1CCNCC1. The fourth-order valence-corrected chi connectivity index (χ4v) is 4.94. The molecule has 0 aromatic heterocycles. The molecular formula is C25H34N2O2. The molecule has 2 unspecified atom stereocenters. The smallest absolute Gasteiger partial charge is 0.120 e. The molecule has 2 heterocycles. The molecule has 2 aromatic carbocycles. The molecule has 2 aliphatic rings. The minimum absolute atomic E-state index is 0.311. The lowest BCUT2D eigenvalue weighted by Gasteiger charge is -2.34. The number of ether oxygens (including phenoxy) is 2. The highest BCUT2D eigenvalue weighted by Crippen LogP contribution is 2.36. The van der Waals surface area contributed by atoms with E-state index in [1.165, 1.54) is 29.5 Å². The van der Waals surface area contributed by atoms with Crippen molar-refractivity contribution in [3.63, 3.8) is 0 Å². The molecule has 0 bridgehead atoms. The van der Waals surface area contributed by atoms with Crippen molar-refractivity contribution in [3.05, 3.63) is 59.2 Å². The second kappa shape index (κ2) is 9.19. The van der Waals surface area contributed by atoms with Crippen molar-refractivity contribution in [1.82, 2.24) is 10.2 Å². The van der Waals surface area contributed by atoms with Crippen LogP contribution in [0.5, 0.6) is 11.5 Å². The van der Waals surface area contributed by atoms with Gasteiger partial charge >= 0.3 is 0 Å². The Morgan fingerprint density at radius 2 is 1.93 bits per heavy atom. The Balaban J connectivity index is 1.57. The number of hydrogen-bond donors (Lipinski definition) is 1. The fourth-order valence-electron chi connectivity index (χ4n) is 4.94. The molecule has 2 aromatic rings. The maximum absolute atomic E-state index is 6.52. The average molecular weight is 395 g/mol. The summed E-state index contributed by atoms with van der Waals surface area (Å²) in [4.78, 5) is 2.40. The molecule has 0 saturated carbocycles. The lowest BCUT2D eigenvalue weighted by atomic mass is 9.84. The normalized spacial score (nSPS) is 21.4. The van der Waals surface area contributed by atoms with E-state index in [0.717, 1.165) is 44.1 Å². The average Bonchev–Trinajstić information content (AvgIpc) is 2.77. The number of piperidine rings is 1. The Morgan fingerprint density at radius 1 is 1.10 bits per heavy atom. The van der Waals surface area contributed by atoms with E-state index in [0.29, 0.717) is 17.9 Å². The zero-order valence-corrected chi connectivity index (χ0v) is 18.0. The van der Waals surface area contributed by atoms with Gasteiger partial charge in [0.1, 0.15) is 17.6 Å². The van der Waals surface area contributed by atoms with Gasteiger partial charge in [-0.2, -0.15) is 0 Å². The number of hydrogen-bond acceptors (Lipinski definition) is 4. The summed E-state index contributed by atoms with van der Waals surface area (Å²) in [5.74, 6) is 2.96. The van der Waals surface area contributed by atoms with Crippen LogP contribution >= 0.6 is 0 Å². The molecule has 156 valence electrons. The van der Waals surface area contributed by atoms with Crippen molar-refractivity contribution in [2.45, 2.75) is 44.8 Å². The van der Waals surface area contributed by atoms with Gasteiger partial charge in [0.05, 0.1) is 7.11 Å². The van der Waals surface area contributed by atoms with Gasteiger partial charge in [-0.25, -0.2) is 0 Å². The molecule has 0 spiro atoms. The van der Waals surface area contributed by atoms with E-state index in [1.54, 1.807) is 7.11 Å². The van der Waals surface area contributed by atoms with Gasteiger partial charge in [-0.05, 0) is 86.3 Å². The fraction of sp³-hybridized carbons (Fsp3) is 0.520. The number of fused-ring (bicyclic) bond motifs is 1. The Kier molecular flexibility index (Phi) is 6.41. The molecule has 2 aliphatic heterocycles. The minimum Gasteiger partial charge on any atom is -0.497 e. The van der Waals surface area contributed by atoms with Crippen molar-refractivity contribution >= 4 is 0 Å². The lowest BCUT2D eigenvalue weighted by molar-refractivity contribution is 0.108. The first kappa shape index (κ1) is 20.2. The van der Waals surface area contributed by atoms with Gasteiger partial charge < -0.3 is 19.7 Å². The van der Waals surface area contributed by atoms with Gasteiger partial charge in [0, 0.05) is 19.0 Å². The number of nitrogens with zero attached hydrogens (tertiary/aromatic N) is 1. The van der Waals surface area contributed by atoms with Crippen LogP contribution < -0.4 is 14.8 Å². The molecule has 29 heavy (non-hydrogen) atoms.